The number of amides is 1. The van der Waals surface area contributed by atoms with Crippen LogP contribution in [0.25, 0.3) is 0 Å². The second-order valence-corrected chi connectivity index (χ2v) is 4.86. The van der Waals surface area contributed by atoms with Crippen molar-refractivity contribution >= 4 is 11.6 Å². The second kappa shape index (κ2) is 5.57. The van der Waals surface area contributed by atoms with Gasteiger partial charge in [-0.2, -0.15) is 5.10 Å². The fourth-order valence-corrected chi connectivity index (χ4v) is 2.42. The van der Waals surface area contributed by atoms with E-state index in [9.17, 15) is 4.79 Å². The maximum atomic E-state index is 11.9. The van der Waals surface area contributed by atoms with Crippen molar-refractivity contribution in [2.75, 3.05) is 11.9 Å². The quantitative estimate of drug-likeness (QED) is 0.885. The normalized spacial score (nSPS) is 16.7. The number of nitrogens with zero attached hydrogens (tertiary/aromatic N) is 2. The molecule has 1 amide bonds. The number of aromatic nitrogens is 2. The number of fused-ring (bicyclic) bond motifs is 1. The van der Waals surface area contributed by atoms with Crippen LogP contribution in [0.5, 0.6) is 11.5 Å². The highest BCUT2D eigenvalue weighted by Crippen LogP contribution is 2.34. The number of ether oxygens (including phenoxy) is 1. The molecule has 3 rings (SSSR count). The Morgan fingerprint density at radius 1 is 1.38 bits per heavy atom. The maximum absolute atomic E-state index is 11.9. The van der Waals surface area contributed by atoms with Crippen LogP contribution in [-0.2, 0) is 11.3 Å². The molecule has 1 atom stereocenters. The molecular formula is C15H18N4O2. The summed E-state index contributed by atoms with van der Waals surface area (Å²) in [5, 5.41) is 10.2. The number of rotatable bonds is 5. The van der Waals surface area contributed by atoms with Gasteiger partial charge in [0.2, 0.25) is 5.91 Å². The minimum atomic E-state index is -0.276. The zero-order valence-electron chi connectivity index (χ0n) is 12.1. The fraction of sp³-hybridized carbons (Fsp3) is 0.333. The van der Waals surface area contributed by atoms with Crippen molar-refractivity contribution in [3.63, 3.8) is 0 Å². The zero-order chi connectivity index (χ0) is 14.8. The molecule has 6 heteroatoms. The molecule has 0 aliphatic carbocycles. The van der Waals surface area contributed by atoms with Crippen LogP contribution in [0, 0.1) is 0 Å². The summed E-state index contributed by atoms with van der Waals surface area (Å²) < 4.78 is 7.56. The van der Waals surface area contributed by atoms with Crippen LogP contribution in [-0.4, -0.2) is 22.2 Å². The molecule has 0 saturated heterocycles. The van der Waals surface area contributed by atoms with Crippen molar-refractivity contribution in [2.24, 2.45) is 0 Å². The van der Waals surface area contributed by atoms with Crippen LogP contribution in [0.1, 0.15) is 25.5 Å². The van der Waals surface area contributed by atoms with Crippen molar-refractivity contribution < 1.29 is 9.53 Å². The monoisotopic (exact) mass is 286 g/mol. The molecule has 1 aromatic heterocycles. The molecule has 0 spiro atoms. The lowest BCUT2D eigenvalue weighted by Crippen LogP contribution is -2.27. The summed E-state index contributed by atoms with van der Waals surface area (Å²) in [6, 6.07) is 5.35. The van der Waals surface area contributed by atoms with Crippen molar-refractivity contribution in [1.29, 1.82) is 0 Å². The number of hydrogen-bond acceptors (Lipinski definition) is 4. The van der Waals surface area contributed by atoms with E-state index in [1.165, 1.54) is 0 Å². The van der Waals surface area contributed by atoms with Crippen LogP contribution < -0.4 is 15.4 Å². The SMILES string of the molecule is CCNC1C(=O)Nc2cc(Oc3cnn(CC)c3)ccc21. The Labute approximate surface area is 123 Å². The third-order valence-electron chi connectivity index (χ3n) is 3.43. The van der Waals surface area contributed by atoms with Gasteiger partial charge in [0.25, 0.3) is 0 Å². The molecule has 0 saturated carbocycles. The van der Waals surface area contributed by atoms with E-state index in [-0.39, 0.29) is 11.9 Å². The lowest BCUT2D eigenvalue weighted by atomic mass is 10.1. The van der Waals surface area contributed by atoms with Gasteiger partial charge in [0.1, 0.15) is 11.8 Å². The lowest BCUT2D eigenvalue weighted by molar-refractivity contribution is -0.117. The van der Waals surface area contributed by atoms with Gasteiger partial charge in [-0.05, 0) is 19.5 Å². The van der Waals surface area contributed by atoms with Gasteiger partial charge in [0.05, 0.1) is 12.4 Å². The Hall–Kier alpha value is -2.34. The average Bonchev–Trinajstić information content (AvgIpc) is 3.04. The Morgan fingerprint density at radius 3 is 2.95 bits per heavy atom. The largest absolute Gasteiger partial charge is 0.454 e. The summed E-state index contributed by atoms with van der Waals surface area (Å²) in [5.74, 6) is 1.34. The molecule has 1 aliphatic rings. The predicted octanol–water partition coefficient (Wildman–Crippen LogP) is 2.30. The van der Waals surface area contributed by atoms with E-state index in [0.717, 1.165) is 24.3 Å². The van der Waals surface area contributed by atoms with Crippen molar-refractivity contribution in [2.45, 2.75) is 26.4 Å². The van der Waals surface area contributed by atoms with E-state index in [4.69, 9.17) is 4.74 Å². The molecule has 110 valence electrons. The predicted molar refractivity (Wildman–Crippen MR) is 79.5 cm³/mol. The Kier molecular flexibility index (Phi) is 3.62. The number of anilines is 1. The molecule has 1 aliphatic heterocycles. The zero-order valence-corrected chi connectivity index (χ0v) is 12.1. The molecule has 0 radical (unpaired) electrons. The van der Waals surface area contributed by atoms with Gasteiger partial charge in [0.15, 0.2) is 5.75 Å². The molecule has 1 aromatic carbocycles. The number of nitrogens with one attached hydrogen (secondary N) is 2. The third-order valence-corrected chi connectivity index (χ3v) is 3.43. The minimum Gasteiger partial charge on any atom is -0.454 e. The van der Waals surface area contributed by atoms with Crippen molar-refractivity contribution in [1.82, 2.24) is 15.1 Å². The van der Waals surface area contributed by atoms with E-state index < -0.39 is 0 Å². The van der Waals surface area contributed by atoms with Crippen LogP contribution >= 0.6 is 0 Å². The fourth-order valence-electron chi connectivity index (χ4n) is 2.42. The first-order valence-electron chi connectivity index (χ1n) is 7.09. The summed E-state index contributed by atoms with van der Waals surface area (Å²) in [7, 11) is 0. The van der Waals surface area contributed by atoms with Crippen molar-refractivity contribution in [3.8, 4) is 11.5 Å². The molecule has 21 heavy (non-hydrogen) atoms. The van der Waals surface area contributed by atoms with Crippen LogP contribution in [0.15, 0.2) is 30.6 Å². The average molecular weight is 286 g/mol. The molecule has 0 fully saturated rings. The number of likely N-dealkylation sites (N-methyl/N-ethyl adjacent to an activating group) is 1. The highest BCUT2D eigenvalue weighted by atomic mass is 16.5. The van der Waals surface area contributed by atoms with E-state index in [1.54, 1.807) is 10.9 Å². The van der Waals surface area contributed by atoms with Gasteiger partial charge in [-0.15, -0.1) is 0 Å². The van der Waals surface area contributed by atoms with E-state index in [2.05, 4.69) is 15.7 Å². The van der Waals surface area contributed by atoms with E-state index in [0.29, 0.717) is 11.5 Å². The Bertz CT molecular complexity index is 665. The molecule has 2 N–H and O–H groups in total. The highest BCUT2D eigenvalue weighted by molar-refractivity contribution is 6.02. The van der Waals surface area contributed by atoms with Crippen LogP contribution in [0.3, 0.4) is 0 Å². The minimum absolute atomic E-state index is 0.0252. The first-order valence-corrected chi connectivity index (χ1v) is 7.09. The van der Waals surface area contributed by atoms with Gasteiger partial charge in [-0.1, -0.05) is 13.0 Å². The third kappa shape index (κ3) is 2.62. The van der Waals surface area contributed by atoms with E-state index in [1.807, 2.05) is 38.2 Å². The Morgan fingerprint density at radius 2 is 2.24 bits per heavy atom. The number of aryl methyl sites for hydroxylation is 1. The van der Waals surface area contributed by atoms with Gasteiger partial charge in [0, 0.05) is 23.9 Å². The smallest absolute Gasteiger partial charge is 0.246 e. The summed E-state index contributed by atoms with van der Waals surface area (Å²) in [4.78, 5) is 11.9. The number of benzene rings is 1. The van der Waals surface area contributed by atoms with Crippen LogP contribution in [0.2, 0.25) is 0 Å². The van der Waals surface area contributed by atoms with Gasteiger partial charge in [-0.3, -0.25) is 9.48 Å². The summed E-state index contributed by atoms with van der Waals surface area (Å²) in [6.07, 6.45) is 3.52. The standard InChI is InChI=1S/C15H18N4O2/c1-3-16-14-12-6-5-10(7-13(12)18-15(14)20)21-11-8-17-19(4-2)9-11/h5-9,14,16H,3-4H2,1-2H3,(H,18,20). The van der Waals surface area contributed by atoms with Crippen molar-refractivity contribution in [3.05, 3.63) is 36.2 Å². The first kappa shape index (κ1) is 13.6. The highest BCUT2D eigenvalue weighted by Gasteiger charge is 2.29. The Balaban J connectivity index is 1.81. The molecule has 2 aromatic rings. The molecule has 2 heterocycles. The molecular weight excluding hydrogens is 268 g/mol. The number of carbonyl (C=O) groups excluding carboxylic acids is 1. The molecule has 1 unspecified atom stereocenters. The summed E-state index contributed by atoms with van der Waals surface area (Å²) in [6.45, 7) is 5.54. The summed E-state index contributed by atoms with van der Waals surface area (Å²) in [5.41, 5.74) is 1.75. The van der Waals surface area contributed by atoms with Gasteiger partial charge < -0.3 is 15.4 Å². The van der Waals surface area contributed by atoms with Gasteiger partial charge in [-0.25, -0.2) is 0 Å². The number of carbonyl (C=O) groups is 1. The summed E-state index contributed by atoms with van der Waals surface area (Å²) >= 11 is 0. The lowest BCUT2D eigenvalue weighted by Gasteiger charge is -2.09. The molecule has 6 nitrogen and oxygen atoms in total. The topological polar surface area (TPSA) is 68.2 Å². The molecule has 0 bridgehead atoms. The number of hydrogen-bond donors (Lipinski definition) is 2. The second-order valence-electron chi connectivity index (χ2n) is 4.86. The van der Waals surface area contributed by atoms with Gasteiger partial charge >= 0.3 is 0 Å². The maximum Gasteiger partial charge on any atom is 0.246 e. The first-order chi connectivity index (χ1) is 10.2. The van der Waals surface area contributed by atoms with E-state index >= 15 is 0 Å². The van der Waals surface area contributed by atoms with Crippen LogP contribution in [0.4, 0.5) is 5.69 Å².